The van der Waals surface area contributed by atoms with E-state index in [2.05, 4.69) is 11.2 Å². The van der Waals surface area contributed by atoms with Crippen LogP contribution in [0.1, 0.15) is 41.6 Å². The number of carbonyl (C=O) groups excluding carboxylic acids is 3. The largest absolute Gasteiger partial charge is 0.496 e. The molecule has 0 fully saturated rings. The molecular formula is C29H26ClNO8. The quantitative estimate of drug-likeness (QED) is 0.426. The lowest BCUT2D eigenvalue weighted by atomic mass is 9.66. The minimum Gasteiger partial charge on any atom is -0.496 e. The molecule has 1 N–H and O–H groups in total. The molecule has 3 atom stereocenters. The van der Waals surface area contributed by atoms with E-state index >= 15 is 0 Å². The van der Waals surface area contributed by atoms with Crippen molar-refractivity contribution < 1.29 is 38.1 Å². The van der Waals surface area contributed by atoms with Crippen LogP contribution in [0.25, 0.3) is 0 Å². The second-order valence-corrected chi connectivity index (χ2v) is 9.88. The van der Waals surface area contributed by atoms with Crippen LogP contribution in [0.2, 0.25) is 5.02 Å². The summed E-state index contributed by atoms with van der Waals surface area (Å²) in [7, 11) is 4.33. The number of ether oxygens (including phenoxy) is 5. The Bertz CT molecular complexity index is 1490. The number of carbonyl (C=O) groups is 3. The molecule has 2 heterocycles. The molecule has 1 spiro atoms. The van der Waals surface area contributed by atoms with Crippen molar-refractivity contribution in [2.45, 2.75) is 31.3 Å². The molecule has 3 unspecified atom stereocenters. The van der Waals surface area contributed by atoms with Gasteiger partial charge in [0, 0.05) is 35.6 Å². The molecule has 202 valence electrons. The first-order valence-corrected chi connectivity index (χ1v) is 12.6. The Morgan fingerprint density at radius 2 is 1.74 bits per heavy atom. The smallest absolute Gasteiger partial charge is 0.236 e. The third kappa shape index (κ3) is 3.90. The molecule has 2 aromatic rings. The molecule has 10 heteroatoms. The fourth-order valence-corrected chi connectivity index (χ4v) is 5.88. The van der Waals surface area contributed by atoms with Gasteiger partial charge in [-0.25, -0.2) is 0 Å². The van der Waals surface area contributed by atoms with E-state index in [4.69, 9.17) is 41.7 Å². The summed E-state index contributed by atoms with van der Waals surface area (Å²) in [6.45, 7) is 1.74. The van der Waals surface area contributed by atoms with Crippen molar-refractivity contribution in [1.29, 1.82) is 0 Å². The monoisotopic (exact) mass is 551 g/mol. The molecule has 0 bridgehead atoms. The van der Waals surface area contributed by atoms with Gasteiger partial charge in [0.15, 0.2) is 17.2 Å². The number of methoxy groups -OCH3 is 3. The minimum absolute atomic E-state index is 0.00508. The van der Waals surface area contributed by atoms with E-state index in [-0.39, 0.29) is 53.2 Å². The fourth-order valence-electron chi connectivity index (χ4n) is 5.62. The maximum atomic E-state index is 14.5. The molecule has 1 amide bonds. The Labute approximate surface area is 230 Å². The van der Waals surface area contributed by atoms with Crippen LogP contribution >= 0.6 is 11.6 Å². The normalized spacial score (nSPS) is 23.4. The zero-order valence-electron chi connectivity index (χ0n) is 21.8. The molecule has 3 aliphatic rings. The second-order valence-electron chi connectivity index (χ2n) is 9.50. The number of allylic oxidation sites excluding steroid dienone is 1. The lowest BCUT2D eigenvalue weighted by molar-refractivity contribution is -0.131. The van der Waals surface area contributed by atoms with Crippen molar-refractivity contribution in [1.82, 2.24) is 5.32 Å². The number of rotatable bonds is 6. The van der Waals surface area contributed by atoms with Crippen molar-refractivity contribution in [2.24, 2.45) is 5.92 Å². The van der Waals surface area contributed by atoms with Crippen LogP contribution in [-0.4, -0.2) is 51.0 Å². The molecular weight excluding hydrogens is 526 g/mol. The van der Waals surface area contributed by atoms with E-state index in [0.717, 1.165) is 0 Å². The molecule has 0 saturated carbocycles. The number of nitrogens with one attached hydrogen (secondary N) is 1. The van der Waals surface area contributed by atoms with Gasteiger partial charge in [0.25, 0.3) is 0 Å². The molecule has 0 radical (unpaired) electrons. The van der Waals surface area contributed by atoms with Crippen LogP contribution in [0.4, 0.5) is 0 Å². The van der Waals surface area contributed by atoms with Crippen molar-refractivity contribution >= 4 is 29.1 Å². The molecule has 0 saturated heterocycles. The lowest BCUT2D eigenvalue weighted by Crippen LogP contribution is -2.59. The first kappa shape index (κ1) is 26.4. The summed E-state index contributed by atoms with van der Waals surface area (Å²) in [6.07, 6.45) is 5.56. The van der Waals surface area contributed by atoms with Crippen LogP contribution in [0.3, 0.4) is 0 Å². The summed E-state index contributed by atoms with van der Waals surface area (Å²) in [5, 5.41) is 2.91. The Morgan fingerprint density at radius 1 is 1.03 bits per heavy atom. The highest BCUT2D eigenvalue weighted by Gasteiger charge is 2.63. The van der Waals surface area contributed by atoms with E-state index in [1.54, 1.807) is 25.1 Å². The van der Waals surface area contributed by atoms with Crippen LogP contribution in [0, 0.1) is 18.3 Å². The van der Waals surface area contributed by atoms with Gasteiger partial charge in [0.2, 0.25) is 23.1 Å². The summed E-state index contributed by atoms with van der Waals surface area (Å²) < 4.78 is 28.1. The number of hydrogen-bond acceptors (Lipinski definition) is 8. The van der Waals surface area contributed by atoms with Gasteiger partial charge < -0.3 is 29.0 Å². The van der Waals surface area contributed by atoms with Gasteiger partial charge in [-0.15, -0.1) is 6.42 Å². The topological polar surface area (TPSA) is 109 Å². The maximum Gasteiger partial charge on any atom is 0.236 e. The number of terminal acetylenes is 1. The van der Waals surface area contributed by atoms with E-state index in [1.807, 2.05) is 0 Å². The zero-order valence-corrected chi connectivity index (χ0v) is 22.6. The van der Waals surface area contributed by atoms with Gasteiger partial charge in [-0.3, -0.25) is 14.4 Å². The van der Waals surface area contributed by atoms with Gasteiger partial charge in [0.1, 0.15) is 28.7 Å². The molecule has 9 nitrogen and oxygen atoms in total. The van der Waals surface area contributed by atoms with Gasteiger partial charge in [-0.1, -0.05) is 30.5 Å². The van der Waals surface area contributed by atoms with Crippen molar-refractivity contribution in [3.8, 4) is 41.1 Å². The van der Waals surface area contributed by atoms with Gasteiger partial charge in [-0.2, -0.15) is 0 Å². The number of halogens is 1. The highest BCUT2D eigenvalue weighted by molar-refractivity contribution is 6.36. The highest BCUT2D eigenvalue weighted by atomic mass is 35.5. The summed E-state index contributed by atoms with van der Waals surface area (Å²) in [6, 6.07) is 6.62. The average Bonchev–Trinajstić information content (AvgIpc) is 3.25. The van der Waals surface area contributed by atoms with Gasteiger partial charge in [-0.05, 0) is 24.1 Å². The average molecular weight is 552 g/mol. The van der Waals surface area contributed by atoms with Crippen LogP contribution in [0.5, 0.6) is 28.7 Å². The van der Waals surface area contributed by atoms with Crippen molar-refractivity contribution in [3.63, 3.8) is 0 Å². The molecule has 5 rings (SSSR count). The zero-order chi connectivity index (χ0) is 28.1. The first-order valence-electron chi connectivity index (χ1n) is 12.2. The number of fused-ring (bicyclic) bond motifs is 1. The van der Waals surface area contributed by atoms with Crippen LogP contribution in [0.15, 0.2) is 35.5 Å². The molecule has 39 heavy (non-hydrogen) atoms. The van der Waals surface area contributed by atoms with E-state index in [9.17, 15) is 14.4 Å². The number of benzene rings is 2. The maximum absolute atomic E-state index is 14.5. The molecule has 0 aromatic heterocycles. The number of Topliss-reactive ketones (excluding diaryl/α,β-unsaturated/α-hetero) is 2. The Hall–Kier alpha value is -4.16. The standard InChI is InChI=1S/C29H26ClNO8/c1-6-9-38-19-11-15(7-8-18(19)35-3)16-12-22(32)31-17-10-14(2)29(27(33)23(16)17)28(34)24-20(36-4)13-21(37-5)25(30)26(24)39-29/h1,7-8,11,13-14,16H,9-10,12H2,2-5H3,(H,31,32). The van der Waals surface area contributed by atoms with Crippen molar-refractivity contribution in [3.05, 3.63) is 51.7 Å². The third-order valence-corrected chi connectivity index (χ3v) is 7.82. The Morgan fingerprint density at radius 3 is 2.41 bits per heavy atom. The fraction of sp³-hybridized carbons (Fsp3) is 0.345. The minimum atomic E-state index is -1.89. The summed E-state index contributed by atoms with van der Waals surface area (Å²) >= 11 is 6.54. The van der Waals surface area contributed by atoms with Gasteiger partial charge >= 0.3 is 0 Å². The van der Waals surface area contributed by atoms with E-state index < -0.39 is 29.0 Å². The Kier molecular flexibility index (Phi) is 6.69. The Balaban J connectivity index is 1.63. The third-order valence-electron chi connectivity index (χ3n) is 7.46. The SMILES string of the molecule is C#CCOc1cc(C2CC(=O)NC3=C2C(=O)C2(Oc4c(Cl)c(OC)cc(OC)c4C2=O)C(C)C3)ccc1OC. The first-order chi connectivity index (χ1) is 18.7. The molecule has 2 aromatic carbocycles. The van der Waals surface area contributed by atoms with Gasteiger partial charge in [0.05, 0.1) is 21.3 Å². The number of ketones is 2. The number of amides is 1. The summed E-state index contributed by atoms with van der Waals surface area (Å²) in [4.78, 5) is 41.3. The highest BCUT2D eigenvalue weighted by Crippen LogP contribution is 2.55. The predicted molar refractivity (Wildman–Crippen MR) is 141 cm³/mol. The summed E-state index contributed by atoms with van der Waals surface area (Å²) in [5.41, 5.74) is -0.421. The molecule has 1 aliphatic carbocycles. The second kappa shape index (κ2) is 9.86. The molecule has 2 aliphatic heterocycles. The van der Waals surface area contributed by atoms with E-state index in [0.29, 0.717) is 28.3 Å². The van der Waals surface area contributed by atoms with Crippen LogP contribution in [-0.2, 0) is 9.59 Å². The summed E-state index contributed by atoms with van der Waals surface area (Å²) in [5.74, 6) is 1.07. The number of hydrogen-bond donors (Lipinski definition) is 1. The van der Waals surface area contributed by atoms with Crippen molar-refractivity contribution in [2.75, 3.05) is 27.9 Å². The predicted octanol–water partition coefficient (Wildman–Crippen LogP) is 3.86. The lowest BCUT2D eigenvalue weighted by Gasteiger charge is -2.41. The van der Waals surface area contributed by atoms with E-state index in [1.165, 1.54) is 27.4 Å². The van der Waals surface area contributed by atoms with Crippen LogP contribution < -0.4 is 29.0 Å².